The molecule has 15 heavy (non-hydrogen) atoms. The molecule has 0 fully saturated rings. The fraction of sp³-hybridized carbons (Fsp3) is 0.429. The molecule has 1 aromatic rings. The predicted octanol–water partition coefficient (Wildman–Crippen LogP) is -1.13. The van der Waals surface area contributed by atoms with Crippen molar-refractivity contribution in [1.82, 2.24) is 14.3 Å². The summed E-state index contributed by atoms with van der Waals surface area (Å²) in [6, 6.07) is 0. The Labute approximate surface area is 87.1 Å². The van der Waals surface area contributed by atoms with Crippen molar-refractivity contribution in [1.29, 1.82) is 0 Å². The molecular weight excluding hydrogens is 222 g/mol. The molecule has 1 heterocycles. The third-order valence-corrected chi connectivity index (χ3v) is 2.88. The number of imidazole rings is 1. The molecule has 0 bridgehead atoms. The van der Waals surface area contributed by atoms with Crippen LogP contribution in [-0.4, -0.2) is 37.6 Å². The minimum absolute atomic E-state index is 0.131. The van der Waals surface area contributed by atoms with Crippen LogP contribution in [0.25, 0.3) is 0 Å². The maximum atomic E-state index is 11.5. The Morgan fingerprint density at radius 1 is 1.67 bits per heavy atom. The van der Waals surface area contributed by atoms with Crippen LogP contribution in [-0.2, 0) is 26.6 Å². The van der Waals surface area contributed by atoms with Crippen LogP contribution < -0.4 is 4.72 Å². The molecular formula is C7H11N3O4S. The second-order valence-corrected chi connectivity index (χ2v) is 4.49. The first-order valence-electron chi connectivity index (χ1n) is 4.00. The van der Waals surface area contributed by atoms with Crippen LogP contribution in [0.1, 0.15) is 0 Å². The lowest BCUT2D eigenvalue weighted by Crippen LogP contribution is -2.30. The fourth-order valence-electron chi connectivity index (χ4n) is 0.828. The second kappa shape index (κ2) is 4.41. The average molecular weight is 233 g/mol. The van der Waals surface area contributed by atoms with Crippen molar-refractivity contribution in [2.45, 2.75) is 5.03 Å². The quantitative estimate of drug-likeness (QED) is 0.665. The molecule has 0 atom stereocenters. The zero-order valence-corrected chi connectivity index (χ0v) is 9.11. The summed E-state index contributed by atoms with van der Waals surface area (Å²) in [5, 5.41) is -0.131. The van der Waals surface area contributed by atoms with Crippen LogP contribution in [0.3, 0.4) is 0 Å². The van der Waals surface area contributed by atoms with Gasteiger partial charge in [0.2, 0.25) is 0 Å². The first-order chi connectivity index (χ1) is 6.95. The van der Waals surface area contributed by atoms with E-state index in [1.165, 1.54) is 24.2 Å². The summed E-state index contributed by atoms with van der Waals surface area (Å²) in [6.07, 6.45) is 2.69. The summed E-state index contributed by atoms with van der Waals surface area (Å²) in [7, 11) is -0.904. The molecule has 0 aromatic carbocycles. The highest BCUT2D eigenvalue weighted by Gasteiger charge is 2.17. The van der Waals surface area contributed by atoms with Gasteiger partial charge in [0, 0.05) is 13.2 Å². The standard InChI is InChI=1S/C7H11N3O4S/c1-10-4-6(8-5-10)15(12,13)9-3-7(11)14-2/h4-5,9H,3H2,1-2H3. The van der Waals surface area contributed by atoms with Gasteiger partial charge in [-0.2, -0.15) is 4.72 Å². The van der Waals surface area contributed by atoms with E-state index >= 15 is 0 Å². The predicted molar refractivity (Wildman–Crippen MR) is 50.4 cm³/mol. The molecule has 8 heteroatoms. The third kappa shape index (κ3) is 3.03. The summed E-state index contributed by atoms with van der Waals surface area (Å²) in [6.45, 7) is -0.407. The summed E-state index contributed by atoms with van der Waals surface area (Å²) in [5.41, 5.74) is 0. The molecule has 0 aliphatic rings. The van der Waals surface area contributed by atoms with Crippen LogP contribution in [0.2, 0.25) is 0 Å². The Kier molecular flexibility index (Phi) is 3.43. The fourth-order valence-corrected chi connectivity index (χ4v) is 1.77. The van der Waals surface area contributed by atoms with Crippen LogP contribution in [0.5, 0.6) is 0 Å². The minimum Gasteiger partial charge on any atom is -0.468 e. The van der Waals surface area contributed by atoms with Gasteiger partial charge in [-0.15, -0.1) is 0 Å². The molecule has 0 spiro atoms. The number of rotatable bonds is 4. The van der Waals surface area contributed by atoms with Gasteiger partial charge in [-0.3, -0.25) is 4.79 Å². The Bertz CT molecular complexity index is 451. The van der Waals surface area contributed by atoms with Crippen molar-refractivity contribution >= 4 is 16.0 Å². The number of carbonyl (C=O) groups is 1. The lowest BCUT2D eigenvalue weighted by Gasteiger charge is -2.01. The van der Waals surface area contributed by atoms with Gasteiger partial charge in [0.1, 0.15) is 6.54 Å². The molecule has 0 amide bonds. The maximum Gasteiger partial charge on any atom is 0.320 e. The molecule has 1 aromatic heterocycles. The van der Waals surface area contributed by atoms with Crippen molar-refractivity contribution in [3.05, 3.63) is 12.5 Å². The molecule has 0 aliphatic heterocycles. The summed E-state index contributed by atoms with van der Waals surface area (Å²) in [4.78, 5) is 14.4. The van der Waals surface area contributed by atoms with E-state index in [9.17, 15) is 13.2 Å². The van der Waals surface area contributed by atoms with E-state index in [4.69, 9.17) is 0 Å². The van der Waals surface area contributed by atoms with E-state index in [1.807, 2.05) is 0 Å². The van der Waals surface area contributed by atoms with E-state index in [0.29, 0.717) is 0 Å². The second-order valence-electron chi connectivity index (χ2n) is 2.78. The highest BCUT2D eigenvalue weighted by atomic mass is 32.2. The maximum absolute atomic E-state index is 11.5. The van der Waals surface area contributed by atoms with Crippen LogP contribution in [0.15, 0.2) is 17.6 Å². The molecule has 0 aliphatic carbocycles. The van der Waals surface area contributed by atoms with Crippen molar-refractivity contribution in [2.75, 3.05) is 13.7 Å². The zero-order valence-electron chi connectivity index (χ0n) is 8.30. The van der Waals surface area contributed by atoms with Gasteiger partial charge < -0.3 is 9.30 Å². The Hall–Kier alpha value is -1.41. The summed E-state index contributed by atoms with van der Waals surface area (Å²) >= 11 is 0. The van der Waals surface area contributed by atoms with Crippen molar-refractivity contribution < 1.29 is 17.9 Å². The van der Waals surface area contributed by atoms with Crippen molar-refractivity contribution in [3.63, 3.8) is 0 Å². The molecule has 1 N–H and O–H groups in total. The van der Waals surface area contributed by atoms with E-state index in [2.05, 4.69) is 14.4 Å². The molecule has 0 unspecified atom stereocenters. The highest BCUT2D eigenvalue weighted by Crippen LogP contribution is 2.02. The molecule has 84 valence electrons. The topological polar surface area (TPSA) is 90.3 Å². The number of esters is 1. The third-order valence-electron chi connectivity index (χ3n) is 1.59. The zero-order chi connectivity index (χ0) is 11.5. The normalized spacial score (nSPS) is 11.3. The van der Waals surface area contributed by atoms with Gasteiger partial charge in [-0.05, 0) is 0 Å². The average Bonchev–Trinajstić information content (AvgIpc) is 2.62. The monoisotopic (exact) mass is 233 g/mol. The number of methoxy groups -OCH3 is 1. The Morgan fingerprint density at radius 2 is 2.33 bits per heavy atom. The van der Waals surface area contributed by atoms with E-state index in [0.717, 1.165) is 0 Å². The Balaban J connectivity index is 2.72. The van der Waals surface area contributed by atoms with E-state index < -0.39 is 22.5 Å². The van der Waals surface area contributed by atoms with Crippen molar-refractivity contribution in [2.24, 2.45) is 7.05 Å². The van der Waals surface area contributed by atoms with Gasteiger partial charge in [0.15, 0.2) is 5.03 Å². The minimum atomic E-state index is -3.73. The lowest BCUT2D eigenvalue weighted by atomic mass is 10.7. The molecule has 1 rings (SSSR count). The summed E-state index contributed by atoms with van der Waals surface area (Å²) in [5.74, 6) is -0.658. The van der Waals surface area contributed by atoms with Gasteiger partial charge in [0.05, 0.1) is 13.4 Å². The first-order valence-corrected chi connectivity index (χ1v) is 5.48. The molecule has 0 saturated heterocycles. The number of aryl methyl sites for hydroxylation is 1. The van der Waals surface area contributed by atoms with Crippen LogP contribution >= 0.6 is 0 Å². The smallest absolute Gasteiger partial charge is 0.320 e. The van der Waals surface area contributed by atoms with Crippen LogP contribution in [0.4, 0.5) is 0 Å². The number of aromatic nitrogens is 2. The number of nitrogens with zero attached hydrogens (tertiary/aromatic N) is 2. The van der Waals surface area contributed by atoms with Crippen LogP contribution in [0, 0.1) is 0 Å². The number of nitrogens with one attached hydrogen (secondary N) is 1. The first kappa shape index (κ1) is 11.7. The lowest BCUT2D eigenvalue weighted by molar-refractivity contribution is -0.139. The molecule has 0 radical (unpaired) electrons. The number of hydrogen-bond donors (Lipinski definition) is 1. The molecule has 7 nitrogen and oxygen atoms in total. The van der Waals surface area contributed by atoms with Crippen molar-refractivity contribution in [3.8, 4) is 0 Å². The number of hydrogen-bond acceptors (Lipinski definition) is 5. The summed E-state index contributed by atoms with van der Waals surface area (Å²) < 4.78 is 30.8. The van der Waals surface area contributed by atoms with Gasteiger partial charge in [0.25, 0.3) is 10.0 Å². The van der Waals surface area contributed by atoms with E-state index in [-0.39, 0.29) is 5.03 Å². The Morgan fingerprint density at radius 3 is 2.80 bits per heavy atom. The largest absolute Gasteiger partial charge is 0.468 e. The van der Waals surface area contributed by atoms with E-state index in [1.54, 1.807) is 7.05 Å². The number of carbonyl (C=O) groups excluding carboxylic acids is 1. The van der Waals surface area contributed by atoms with Gasteiger partial charge in [-0.25, -0.2) is 13.4 Å². The van der Waals surface area contributed by atoms with Gasteiger partial charge >= 0.3 is 5.97 Å². The number of sulfonamides is 1. The number of ether oxygens (including phenoxy) is 1. The van der Waals surface area contributed by atoms with Gasteiger partial charge in [-0.1, -0.05) is 0 Å². The molecule has 0 saturated carbocycles. The SMILES string of the molecule is COC(=O)CNS(=O)(=O)c1cn(C)cn1. The highest BCUT2D eigenvalue weighted by molar-refractivity contribution is 7.89.